The number of aromatic nitrogens is 2. The highest BCUT2D eigenvalue weighted by Crippen LogP contribution is 2.22. The van der Waals surface area contributed by atoms with Crippen molar-refractivity contribution in [3.05, 3.63) is 60.6 Å². The van der Waals surface area contributed by atoms with Crippen LogP contribution in [0, 0.1) is 5.92 Å². The summed E-state index contributed by atoms with van der Waals surface area (Å²) in [6.45, 7) is 2.79. The first-order valence-corrected chi connectivity index (χ1v) is 8.80. The van der Waals surface area contributed by atoms with Crippen molar-refractivity contribution in [1.82, 2.24) is 15.3 Å². The number of hydrogen-bond acceptors (Lipinski definition) is 3. The van der Waals surface area contributed by atoms with Crippen LogP contribution in [0.3, 0.4) is 0 Å². The molecule has 4 rings (SSSR count). The summed E-state index contributed by atoms with van der Waals surface area (Å²) >= 11 is 0. The minimum absolute atomic E-state index is 0.00427. The Balaban J connectivity index is 1.32. The van der Waals surface area contributed by atoms with E-state index < -0.39 is 0 Å². The SMILES string of the molecule is O=C(NCC1CCN(c2ccncc2)CC1)c1cccc2cc[nH]c12. The van der Waals surface area contributed by atoms with Crippen LogP contribution >= 0.6 is 0 Å². The topological polar surface area (TPSA) is 61.0 Å². The van der Waals surface area contributed by atoms with Gasteiger partial charge in [-0.3, -0.25) is 9.78 Å². The number of piperidine rings is 1. The van der Waals surface area contributed by atoms with Gasteiger partial charge < -0.3 is 15.2 Å². The smallest absolute Gasteiger partial charge is 0.253 e. The average Bonchev–Trinajstić information content (AvgIpc) is 3.16. The van der Waals surface area contributed by atoms with Crippen LogP contribution < -0.4 is 10.2 Å². The molecule has 1 aliphatic rings. The number of para-hydroxylation sites is 1. The lowest BCUT2D eigenvalue weighted by Gasteiger charge is -2.33. The molecule has 0 bridgehead atoms. The van der Waals surface area contributed by atoms with Gasteiger partial charge in [-0.25, -0.2) is 0 Å². The molecule has 1 aromatic carbocycles. The number of fused-ring (bicyclic) bond motifs is 1. The van der Waals surface area contributed by atoms with Gasteiger partial charge in [0.1, 0.15) is 0 Å². The second kappa shape index (κ2) is 6.97. The largest absolute Gasteiger partial charge is 0.371 e. The van der Waals surface area contributed by atoms with E-state index in [4.69, 9.17) is 0 Å². The number of nitrogens with one attached hydrogen (secondary N) is 2. The van der Waals surface area contributed by atoms with Gasteiger partial charge in [-0.05, 0) is 43.0 Å². The molecule has 3 aromatic rings. The minimum atomic E-state index is 0.00427. The highest BCUT2D eigenvalue weighted by molar-refractivity contribution is 6.05. The Labute approximate surface area is 147 Å². The van der Waals surface area contributed by atoms with Crippen molar-refractivity contribution in [3.8, 4) is 0 Å². The standard InChI is InChI=1S/C20H22N4O/c25-20(18-3-1-2-16-4-11-22-19(16)18)23-14-15-7-12-24(13-8-15)17-5-9-21-10-6-17/h1-6,9-11,15,22H,7-8,12-14H2,(H,23,25). The van der Waals surface area contributed by atoms with E-state index in [9.17, 15) is 4.79 Å². The summed E-state index contributed by atoms with van der Waals surface area (Å²) in [5, 5.41) is 4.19. The zero-order valence-corrected chi connectivity index (χ0v) is 14.1. The number of pyridine rings is 1. The van der Waals surface area contributed by atoms with Gasteiger partial charge in [-0.1, -0.05) is 12.1 Å². The van der Waals surface area contributed by atoms with E-state index in [0.29, 0.717) is 5.92 Å². The molecule has 0 saturated carbocycles. The van der Waals surface area contributed by atoms with Crippen molar-refractivity contribution in [2.75, 3.05) is 24.5 Å². The average molecular weight is 334 g/mol. The molecular weight excluding hydrogens is 312 g/mol. The Morgan fingerprint density at radius 2 is 1.96 bits per heavy atom. The number of nitrogens with zero attached hydrogens (tertiary/aromatic N) is 2. The van der Waals surface area contributed by atoms with Gasteiger partial charge in [0, 0.05) is 49.3 Å². The van der Waals surface area contributed by atoms with Gasteiger partial charge in [-0.15, -0.1) is 0 Å². The molecule has 0 unspecified atom stereocenters. The number of amides is 1. The predicted octanol–water partition coefficient (Wildman–Crippen LogP) is 3.21. The predicted molar refractivity (Wildman–Crippen MR) is 99.8 cm³/mol. The van der Waals surface area contributed by atoms with Crippen LogP contribution in [0.5, 0.6) is 0 Å². The number of aromatic amines is 1. The number of benzene rings is 1. The van der Waals surface area contributed by atoms with Crippen LogP contribution in [0.1, 0.15) is 23.2 Å². The normalized spacial score (nSPS) is 15.4. The molecule has 1 saturated heterocycles. The van der Waals surface area contributed by atoms with Crippen molar-refractivity contribution in [2.45, 2.75) is 12.8 Å². The third-order valence-corrected chi connectivity index (χ3v) is 5.03. The van der Waals surface area contributed by atoms with E-state index in [1.54, 1.807) is 0 Å². The molecule has 5 nitrogen and oxygen atoms in total. The van der Waals surface area contributed by atoms with Crippen LogP contribution in [-0.2, 0) is 0 Å². The van der Waals surface area contributed by atoms with Crippen molar-refractivity contribution in [3.63, 3.8) is 0 Å². The molecule has 0 radical (unpaired) electrons. The summed E-state index contributed by atoms with van der Waals surface area (Å²) in [7, 11) is 0. The Morgan fingerprint density at radius 1 is 1.16 bits per heavy atom. The lowest BCUT2D eigenvalue weighted by atomic mass is 9.96. The molecule has 5 heteroatoms. The lowest BCUT2D eigenvalue weighted by Crippen LogP contribution is -2.38. The summed E-state index contributed by atoms with van der Waals surface area (Å²) in [6, 6.07) is 11.9. The zero-order chi connectivity index (χ0) is 17.1. The second-order valence-corrected chi connectivity index (χ2v) is 6.59. The second-order valence-electron chi connectivity index (χ2n) is 6.59. The fraction of sp³-hybridized carbons (Fsp3) is 0.300. The maximum absolute atomic E-state index is 12.5. The third kappa shape index (κ3) is 3.36. The lowest BCUT2D eigenvalue weighted by molar-refractivity contribution is 0.0946. The van der Waals surface area contributed by atoms with Gasteiger partial charge in [0.15, 0.2) is 0 Å². The number of anilines is 1. The highest BCUT2D eigenvalue weighted by atomic mass is 16.1. The monoisotopic (exact) mass is 334 g/mol. The number of rotatable bonds is 4. The molecular formula is C20H22N4O. The Bertz CT molecular complexity index is 850. The van der Waals surface area contributed by atoms with E-state index in [-0.39, 0.29) is 5.91 Å². The summed E-state index contributed by atoms with van der Waals surface area (Å²) in [5.74, 6) is 0.537. The Morgan fingerprint density at radius 3 is 2.76 bits per heavy atom. The molecule has 3 heterocycles. The summed E-state index contributed by atoms with van der Waals surface area (Å²) < 4.78 is 0. The van der Waals surface area contributed by atoms with Crippen molar-refractivity contribution < 1.29 is 4.79 Å². The first-order valence-electron chi connectivity index (χ1n) is 8.80. The molecule has 128 valence electrons. The Kier molecular flexibility index (Phi) is 4.37. The van der Waals surface area contributed by atoms with Crippen molar-refractivity contribution >= 4 is 22.5 Å². The number of H-pyrrole nitrogens is 1. The molecule has 0 spiro atoms. The molecule has 0 aliphatic carbocycles. The highest BCUT2D eigenvalue weighted by Gasteiger charge is 2.20. The number of carbonyl (C=O) groups is 1. The maximum atomic E-state index is 12.5. The quantitative estimate of drug-likeness (QED) is 0.770. The molecule has 1 amide bonds. The molecule has 1 fully saturated rings. The van der Waals surface area contributed by atoms with Gasteiger partial charge in [0.2, 0.25) is 0 Å². The minimum Gasteiger partial charge on any atom is -0.371 e. The van der Waals surface area contributed by atoms with E-state index in [1.165, 1.54) is 5.69 Å². The van der Waals surface area contributed by atoms with Crippen molar-refractivity contribution in [1.29, 1.82) is 0 Å². The van der Waals surface area contributed by atoms with Gasteiger partial charge in [0.25, 0.3) is 5.91 Å². The molecule has 2 aromatic heterocycles. The first-order chi connectivity index (χ1) is 12.3. The Hall–Kier alpha value is -2.82. The van der Waals surface area contributed by atoms with Crippen LogP contribution in [-0.4, -0.2) is 35.5 Å². The van der Waals surface area contributed by atoms with Crippen LogP contribution in [0.2, 0.25) is 0 Å². The van der Waals surface area contributed by atoms with Crippen LogP contribution in [0.4, 0.5) is 5.69 Å². The van der Waals surface area contributed by atoms with E-state index in [1.807, 2.05) is 42.9 Å². The van der Waals surface area contributed by atoms with E-state index in [2.05, 4.69) is 32.3 Å². The fourth-order valence-corrected chi connectivity index (χ4v) is 3.56. The zero-order valence-electron chi connectivity index (χ0n) is 14.1. The maximum Gasteiger partial charge on any atom is 0.253 e. The van der Waals surface area contributed by atoms with E-state index >= 15 is 0 Å². The van der Waals surface area contributed by atoms with Gasteiger partial charge >= 0.3 is 0 Å². The molecule has 25 heavy (non-hydrogen) atoms. The van der Waals surface area contributed by atoms with Gasteiger partial charge in [-0.2, -0.15) is 0 Å². The number of hydrogen-bond donors (Lipinski definition) is 2. The summed E-state index contributed by atoms with van der Waals surface area (Å²) in [6.07, 6.45) is 7.73. The molecule has 0 atom stereocenters. The van der Waals surface area contributed by atoms with Crippen LogP contribution in [0.25, 0.3) is 10.9 Å². The number of carbonyl (C=O) groups excluding carboxylic acids is 1. The summed E-state index contributed by atoms with van der Waals surface area (Å²) in [4.78, 5) is 22.2. The van der Waals surface area contributed by atoms with E-state index in [0.717, 1.165) is 48.9 Å². The molecule has 2 N–H and O–H groups in total. The summed E-state index contributed by atoms with van der Waals surface area (Å²) in [5.41, 5.74) is 2.86. The molecule has 1 aliphatic heterocycles. The fourth-order valence-electron chi connectivity index (χ4n) is 3.56. The third-order valence-electron chi connectivity index (χ3n) is 5.03. The van der Waals surface area contributed by atoms with Crippen LogP contribution in [0.15, 0.2) is 55.0 Å². The first kappa shape index (κ1) is 15.7. The van der Waals surface area contributed by atoms with Crippen molar-refractivity contribution in [2.24, 2.45) is 5.92 Å². The van der Waals surface area contributed by atoms with Gasteiger partial charge in [0.05, 0.1) is 11.1 Å².